The van der Waals surface area contributed by atoms with Crippen LogP contribution in [0.3, 0.4) is 0 Å². The highest BCUT2D eigenvalue weighted by atomic mass is 35.5. The van der Waals surface area contributed by atoms with Gasteiger partial charge in [0.25, 0.3) is 5.91 Å². The number of amides is 1. The van der Waals surface area contributed by atoms with Crippen LogP contribution in [-0.4, -0.2) is 24.1 Å². The molecule has 0 fully saturated rings. The summed E-state index contributed by atoms with van der Waals surface area (Å²) in [6, 6.07) is 18.2. The van der Waals surface area contributed by atoms with Crippen molar-refractivity contribution in [1.82, 2.24) is 9.71 Å². The maximum Gasteiger partial charge on any atom is 0.266 e. The highest BCUT2D eigenvalue weighted by Gasteiger charge is 2.31. The van der Waals surface area contributed by atoms with Crippen LogP contribution in [-0.2, 0) is 10.0 Å². The summed E-state index contributed by atoms with van der Waals surface area (Å²) in [4.78, 5) is 16.5. The molecular weight excluding hydrogens is 464 g/mol. The predicted molar refractivity (Wildman–Crippen MR) is 127 cm³/mol. The third-order valence-electron chi connectivity index (χ3n) is 4.70. The summed E-state index contributed by atoms with van der Waals surface area (Å²) in [5, 5.41) is 0.0827. The first-order valence-corrected chi connectivity index (χ1v) is 12.0. The van der Waals surface area contributed by atoms with Gasteiger partial charge in [-0.2, -0.15) is 0 Å². The van der Waals surface area contributed by atoms with E-state index in [4.69, 9.17) is 21.1 Å². The Morgan fingerprint density at radius 1 is 1.03 bits per heavy atom. The van der Waals surface area contributed by atoms with Gasteiger partial charge in [0.1, 0.15) is 22.6 Å². The molecule has 1 amide bonds. The Morgan fingerprint density at radius 2 is 1.70 bits per heavy atom. The van der Waals surface area contributed by atoms with Crippen LogP contribution in [0.15, 0.2) is 66.9 Å². The van der Waals surface area contributed by atoms with E-state index in [1.807, 2.05) is 66.2 Å². The summed E-state index contributed by atoms with van der Waals surface area (Å²) in [6.07, 6.45) is 0.798. The molecule has 0 aliphatic carbocycles. The molecular formula is C24H25ClN2O5S. The summed E-state index contributed by atoms with van der Waals surface area (Å²) in [7, 11) is -3.86. The van der Waals surface area contributed by atoms with Gasteiger partial charge >= 0.3 is 0 Å². The molecule has 33 heavy (non-hydrogen) atoms. The van der Waals surface area contributed by atoms with E-state index in [9.17, 15) is 13.2 Å². The molecule has 0 bridgehead atoms. The third kappa shape index (κ3) is 6.24. The second-order valence-corrected chi connectivity index (χ2v) is 11.1. The van der Waals surface area contributed by atoms with E-state index in [1.54, 1.807) is 0 Å². The van der Waals surface area contributed by atoms with Gasteiger partial charge in [0.05, 0.1) is 10.3 Å². The molecule has 0 aliphatic heterocycles. The Kier molecular flexibility index (Phi) is 7.29. The lowest BCUT2D eigenvalue weighted by Crippen LogP contribution is -2.42. The lowest BCUT2D eigenvalue weighted by atomic mass is 10.1. The Morgan fingerprint density at radius 3 is 2.33 bits per heavy atom. The number of pyridine rings is 1. The number of halogens is 1. The van der Waals surface area contributed by atoms with Crippen LogP contribution in [0, 0.1) is 0 Å². The molecule has 1 heterocycles. The van der Waals surface area contributed by atoms with Crippen LogP contribution in [0.4, 0.5) is 0 Å². The topological polar surface area (TPSA) is 94.6 Å². The minimum absolute atomic E-state index is 0.00564. The zero-order valence-corrected chi connectivity index (χ0v) is 20.3. The molecule has 3 rings (SSSR count). The van der Waals surface area contributed by atoms with Crippen LogP contribution in [0.2, 0.25) is 5.02 Å². The monoisotopic (exact) mass is 488 g/mol. The van der Waals surface area contributed by atoms with Gasteiger partial charge in [-0.1, -0.05) is 41.9 Å². The predicted octanol–water partition coefficient (Wildman–Crippen LogP) is 5.53. The fourth-order valence-corrected chi connectivity index (χ4v) is 3.54. The van der Waals surface area contributed by atoms with Crippen LogP contribution in [0.5, 0.6) is 17.4 Å². The van der Waals surface area contributed by atoms with Gasteiger partial charge in [0.15, 0.2) is 0 Å². The maximum atomic E-state index is 12.4. The number of ether oxygens (including phenoxy) is 2. The summed E-state index contributed by atoms with van der Waals surface area (Å²) in [5.41, 5.74) is 0.838. The SMILES string of the molecule is C[C@@H](Oc1ncc(C(=O)NS(=O)(=O)C(C)(C)C)cc1Cl)c1cccc(Oc2ccccc2)c1. The average Bonchev–Trinajstić information content (AvgIpc) is 2.75. The van der Waals surface area contributed by atoms with E-state index in [2.05, 4.69) is 4.98 Å². The third-order valence-corrected chi connectivity index (χ3v) is 7.03. The molecule has 2 aromatic carbocycles. The molecule has 1 aromatic heterocycles. The van der Waals surface area contributed by atoms with Crippen molar-refractivity contribution in [3.05, 3.63) is 83.0 Å². The lowest BCUT2D eigenvalue weighted by molar-refractivity contribution is 0.0980. The molecule has 9 heteroatoms. The number of aromatic nitrogens is 1. The zero-order chi connectivity index (χ0) is 24.2. The van der Waals surface area contributed by atoms with Crippen molar-refractivity contribution in [2.24, 2.45) is 0 Å². The van der Waals surface area contributed by atoms with Gasteiger partial charge in [-0.25, -0.2) is 18.1 Å². The number of hydrogen-bond donors (Lipinski definition) is 1. The van der Waals surface area contributed by atoms with E-state index >= 15 is 0 Å². The van der Waals surface area contributed by atoms with Crippen molar-refractivity contribution in [2.45, 2.75) is 38.5 Å². The van der Waals surface area contributed by atoms with Crippen molar-refractivity contribution in [3.63, 3.8) is 0 Å². The van der Waals surface area contributed by atoms with Crippen LogP contribution in [0.25, 0.3) is 0 Å². The summed E-state index contributed by atoms with van der Waals surface area (Å²) in [5.74, 6) is 0.675. The molecule has 0 spiro atoms. The van der Waals surface area contributed by atoms with E-state index in [0.29, 0.717) is 5.75 Å². The highest BCUT2D eigenvalue weighted by molar-refractivity contribution is 7.91. The van der Waals surface area contributed by atoms with Gasteiger partial charge in [0.2, 0.25) is 15.9 Å². The Balaban J connectivity index is 1.71. The zero-order valence-electron chi connectivity index (χ0n) is 18.7. The minimum atomic E-state index is -3.86. The van der Waals surface area contributed by atoms with Gasteiger partial charge in [0, 0.05) is 6.20 Å². The largest absolute Gasteiger partial charge is 0.469 e. The summed E-state index contributed by atoms with van der Waals surface area (Å²) < 4.78 is 37.1. The number of nitrogens with zero attached hydrogens (tertiary/aromatic N) is 1. The van der Waals surface area contributed by atoms with Gasteiger partial charge in [-0.3, -0.25) is 4.79 Å². The molecule has 3 aromatic rings. The number of rotatable bonds is 7. The Bertz CT molecular complexity index is 1240. The number of nitrogens with one attached hydrogen (secondary N) is 1. The van der Waals surface area contributed by atoms with E-state index in [0.717, 1.165) is 11.3 Å². The second-order valence-electron chi connectivity index (χ2n) is 8.31. The fourth-order valence-electron chi connectivity index (χ4n) is 2.66. The molecule has 0 aliphatic rings. The van der Waals surface area contributed by atoms with E-state index in [-0.39, 0.29) is 16.5 Å². The summed E-state index contributed by atoms with van der Waals surface area (Å²) >= 11 is 6.26. The van der Waals surface area contributed by atoms with E-state index in [1.165, 1.54) is 33.0 Å². The molecule has 0 saturated carbocycles. The molecule has 0 saturated heterocycles. The van der Waals surface area contributed by atoms with Gasteiger partial charge in [-0.05, 0) is 63.6 Å². The van der Waals surface area contributed by atoms with Gasteiger partial charge < -0.3 is 9.47 Å². The van der Waals surface area contributed by atoms with Crippen molar-refractivity contribution >= 4 is 27.5 Å². The van der Waals surface area contributed by atoms with Crippen LogP contribution < -0.4 is 14.2 Å². The van der Waals surface area contributed by atoms with Crippen molar-refractivity contribution in [2.75, 3.05) is 0 Å². The number of carbonyl (C=O) groups is 1. The first-order valence-electron chi connectivity index (χ1n) is 10.2. The molecule has 0 radical (unpaired) electrons. The van der Waals surface area contributed by atoms with Crippen LogP contribution >= 0.6 is 11.6 Å². The Labute approximate surface area is 198 Å². The van der Waals surface area contributed by atoms with Gasteiger partial charge in [-0.15, -0.1) is 0 Å². The minimum Gasteiger partial charge on any atom is -0.469 e. The van der Waals surface area contributed by atoms with Crippen LogP contribution in [0.1, 0.15) is 49.7 Å². The lowest BCUT2D eigenvalue weighted by Gasteiger charge is -2.19. The van der Waals surface area contributed by atoms with Crippen molar-refractivity contribution < 1.29 is 22.7 Å². The van der Waals surface area contributed by atoms with E-state index < -0.39 is 26.8 Å². The average molecular weight is 489 g/mol. The standard InChI is InChI=1S/C24H25ClN2O5S/c1-16(17-9-8-12-20(13-17)32-19-10-6-5-7-11-19)31-23-21(25)14-18(15-26-23)22(28)27-33(29,30)24(2,3)4/h5-16H,1-4H3,(H,27,28)/t16-/m1/s1. The number of para-hydroxylation sites is 1. The first kappa shape index (κ1) is 24.5. The second kappa shape index (κ2) is 9.80. The highest BCUT2D eigenvalue weighted by Crippen LogP contribution is 2.30. The fraction of sp³-hybridized carbons (Fsp3) is 0.250. The summed E-state index contributed by atoms with van der Waals surface area (Å²) in [6.45, 7) is 6.31. The molecule has 7 nitrogen and oxygen atoms in total. The first-order chi connectivity index (χ1) is 15.5. The molecule has 0 unspecified atom stereocenters. The number of hydrogen-bond acceptors (Lipinski definition) is 6. The maximum absolute atomic E-state index is 12.4. The number of benzene rings is 2. The quantitative estimate of drug-likeness (QED) is 0.470. The van der Waals surface area contributed by atoms with Crippen molar-refractivity contribution in [3.8, 4) is 17.4 Å². The molecule has 1 atom stereocenters. The molecule has 174 valence electrons. The normalized spacial score (nSPS) is 12.6. The smallest absolute Gasteiger partial charge is 0.266 e. The molecule has 1 N–H and O–H groups in total. The van der Waals surface area contributed by atoms with Crippen molar-refractivity contribution in [1.29, 1.82) is 0 Å². The number of carbonyl (C=O) groups excluding carboxylic acids is 1. The number of sulfonamides is 1. The Hall–Kier alpha value is -3.10.